The number of carbonyl (C=O) groups excluding carboxylic acids is 1. The molecular weight excluding hydrogens is 418 g/mol. The van der Waals surface area contributed by atoms with E-state index < -0.39 is 17.8 Å². The van der Waals surface area contributed by atoms with Crippen LogP contribution in [0.3, 0.4) is 0 Å². The lowest BCUT2D eigenvalue weighted by Gasteiger charge is -2.08. The zero-order valence-corrected chi connectivity index (χ0v) is 18.0. The van der Waals surface area contributed by atoms with Crippen molar-refractivity contribution in [2.45, 2.75) is 44.6 Å². The zero-order valence-electron chi connectivity index (χ0n) is 14.8. The molecule has 0 saturated carbocycles. The van der Waals surface area contributed by atoms with E-state index in [1.165, 1.54) is 25.3 Å². The molecule has 26 heavy (non-hydrogen) atoms. The molecule has 0 amide bonds. The molecule has 0 fully saturated rings. The number of hydrogen-bond donors (Lipinski definition) is 0. The first kappa shape index (κ1) is 23.3. The predicted molar refractivity (Wildman–Crippen MR) is 109 cm³/mol. The maximum Gasteiger partial charge on any atom is 0.341 e. The molecule has 146 valence electrons. The number of ether oxygens (including phenoxy) is 2. The van der Waals surface area contributed by atoms with Gasteiger partial charge in [-0.3, -0.25) is 0 Å². The number of benzene rings is 1. The third kappa shape index (κ3) is 11.1. The summed E-state index contributed by atoms with van der Waals surface area (Å²) >= 11 is 17.5. The molecule has 0 aliphatic carbocycles. The van der Waals surface area contributed by atoms with Crippen LogP contribution in [0.25, 0.3) is 6.08 Å². The van der Waals surface area contributed by atoms with Crippen molar-refractivity contribution in [2.24, 2.45) is 0 Å². The van der Waals surface area contributed by atoms with Crippen LogP contribution < -0.4 is 4.74 Å². The fraction of sp³-hybridized carbons (Fsp3) is 0.500. The van der Waals surface area contributed by atoms with Crippen LogP contribution in [0.1, 0.15) is 44.1 Å². The average molecular weight is 442 g/mol. The first-order valence-electron chi connectivity index (χ1n) is 8.57. The van der Waals surface area contributed by atoms with Gasteiger partial charge in [0.1, 0.15) is 0 Å². The summed E-state index contributed by atoms with van der Waals surface area (Å²) in [5.41, 5.74) is 0.568. The molecular formula is C18H24Cl3FO3Si. The minimum absolute atomic E-state index is 0.216. The molecule has 1 aromatic carbocycles. The van der Waals surface area contributed by atoms with E-state index in [-0.39, 0.29) is 5.75 Å². The van der Waals surface area contributed by atoms with Gasteiger partial charge in [0.25, 0.3) is 0 Å². The molecule has 0 unspecified atom stereocenters. The van der Waals surface area contributed by atoms with Crippen LogP contribution in [0.15, 0.2) is 24.3 Å². The number of hydrogen-bond acceptors (Lipinski definition) is 3. The maximum absolute atomic E-state index is 14.0. The molecule has 0 heterocycles. The highest BCUT2D eigenvalue weighted by atomic mass is 35.8. The summed E-state index contributed by atoms with van der Waals surface area (Å²) in [5.74, 6) is -0.721. The standard InChI is InChI=1S/C18H24Cl3FO3Si/c1-24-18(23)11-9-15-8-10-17(16(22)14-15)25-12-6-4-2-3-5-7-13-26(19,20)21/h8-11,14H,2-7,12-13H2,1H3/b11-9+. The van der Waals surface area contributed by atoms with Gasteiger partial charge >= 0.3 is 12.0 Å². The zero-order chi connectivity index (χ0) is 19.4. The maximum atomic E-state index is 14.0. The van der Waals surface area contributed by atoms with E-state index in [1.54, 1.807) is 12.1 Å². The van der Waals surface area contributed by atoms with Gasteiger partial charge in [-0.05, 0) is 36.2 Å². The molecule has 0 N–H and O–H groups in total. The van der Waals surface area contributed by atoms with Gasteiger partial charge in [0.05, 0.1) is 13.7 Å². The van der Waals surface area contributed by atoms with Gasteiger partial charge in [-0.15, -0.1) is 33.2 Å². The molecule has 0 aliphatic heterocycles. The number of esters is 1. The molecule has 0 atom stereocenters. The SMILES string of the molecule is COC(=O)/C=C/c1ccc(OCCCCCCCC[Si](Cl)(Cl)Cl)c(F)c1. The van der Waals surface area contributed by atoms with Crippen LogP contribution in [-0.2, 0) is 9.53 Å². The van der Waals surface area contributed by atoms with E-state index in [4.69, 9.17) is 38.0 Å². The normalized spacial score (nSPS) is 11.7. The fourth-order valence-corrected chi connectivity index (χ4v) is 4.14. The summed E-state index contributed by atoms with van der Waals surface area (Å²) in [7, 11) is 1.29. The highest BCUT2D eigenvalue weighted by Gasteiger charge is 2.23. The second-order valence-corrected chi connectivity index (χ2v) is 15.2. The summed E-state index contributed by atoms with van der Waals surface area (Å²) in [4.78, 5) is 11.0. The van der Waals surface area contributed by atoms with E-state index in [2.05, 4.69) is 4.74 Å². The van der Waals surface area contributed by atoms with Crippen molar-refractivity contribution >= 4 is 51.3 Å². The second kappa shape index (κ2) is 12.6. The van der Waals surface area contributed by atoms with E-state index in [0.717, 1.165) is 38.5 Å². The van der Waals surface area contributed by atoms with Gasteiger partial charge in [0.2, 0.25) is 0 Å². The van der Waals surface area contributed by atoms with Gasteiger partial charge in [-0.1, -0.05) is 38.2 Å². The lowest BCUT2D eigenvalue weighted by Crippen LogP contribution is -2.07. The Hall–Kier alpha value is -0.753. The molecule has 0 aliphatic rings. The van der Waals surface area contributed by atoms with E-state index in [0.29, 0.717) is 18.2 Å². The number of methoxy groups -OCH3 is 1. The van der Waals surface area contributed by atoms with Crippen molar-refractivity contribution in [1.29, 1.82) is 0 Å². The van der Waals surface area contributed by atoms with Crippen molar-refractivity contribution in [1.82, 2.24) is 0 Å². The first-order valence-corrected chi connectivity index (χ1v) is 13.8. The Balaban J connectivity index is 2.19. The number of rotatable bonds is 12. The molecule has 1 aromatic rings. The number of unbranched alkanes of at least 4 members (excludes halogenated alkanes) is 5. The van der Waals surface area contributed by atoms with Crippen molar-refractivity contribution in [3.05, 3.63) is 35.7 Å². The largest absolute Gasteiger partial charge is 0.491 e. The lowest BCUT2D eigenvalue weighted by atomic mass is 10.1. The Morgan fingerprint density at radius 1 is 1.12 bits per heavy atom. The van der Waals surface area contributed by atoms with Crippen LogP contribution in [0, 0.1) is 5.82 Å². The lowest BCUT2D eigenvalue weighted by molar-refractivity contribution is -0.134. The highest BCUT2D eigenvalue weighted by Crippen LogP contribution is 2.27. The van der Waals surface area contributed by atoms with Crippen LogP contribution in [0.2, 0.25) is 6.04 Å². The first-order chi connectivity index (χ1) is 12.3. The molecule has 0 aromatic heterocycles. The van der Waals surface area contributed by atoms with Crippen molar-refractivity contribution < 1.29 is 18.7 Å². The smallest absolute Gasteiger partial charge is 0.341 e. The molecule has 8 heteroatoms. The second-order valence-electron chi connectivity index (χ2n) is 5.88. The van der Waals surface area contributed by atoms with Crippen molar-refractivity contribution in [3.8, 4) is 5.75 Å². The summed E-state index contributed by atoms with van der Waals surface area (Å²) in [6.07, 6.45) is 8.83. The third-order valence-corrected chi connectivity index (χ3v) is 6.30. The van der Waals surface area contributed by atoms with Gasteiger partial charge in [-0.2, -0.15) is 0 Å². The average Bonchev–Trinajstić information content (AvgIpc) is 2.58. The Morgan fingerprint density at radius 3 is 2.38 bits per heavy atom. The predicted octanol–water partition coefficient (Wildman–Crippen LogP) is 6.39. The topological polar surface area (TPSA) is 35.5 Å². The Morgan fingerprint density at radius 2 is 1.77 bits per heavy atom. The van der Waals surface area contributed by atoms with Gasteiger partial charge in [-0.25, -0.2) is 9.18 Å². The summed E-state index contributed by atoms with van der Waals surface area (Å²) in [6, 6.07) is 2.82. The van der Waals surface area contributed by atoms with Gasteiger partial charge in [0, 0.05) is 6.08 Å². The minimum Gasteiger partial charge on any atom is -0.491 e. The fourth-order valence-electron chi connectivity index (χ4n) is 2.29. The highest BCUT2D eigenvalue weighted by molar-refractivity contribution is 7.64. The molecule has 0 bridgehead atoms. The van der Waals surface area contributed by atoms with Crippen LogP contribution in [0.5, 0.6) is 5.75 Å². The molecule has 3 nitrogen and oxygen atoms in total. The number of halogens is 4. The summed E-state index contributed by atoms with van der Waals surface area (Å²) < 4.78 is 23.9. The molecule has 1 rings (SSSR count). The van der Waals surface area contributed by atoms with E-state index in [1.807, 2.05) is 0 Å². The summed E-state index contributed by atoms with van der Waals surface area (Å²) in [5, 5.41) is 0. The van der Waals surface area contributed by atoms with Gasteiger partial charge in [0.15, 0.2) is 11.6 Å². The minimum atomic E-state index is -2.46. The van der Waals surface area contributed by atoms with Crippen LogP contribution >= 0.6 is 33.2 Å². The van der Waals surface area contributed by atoms with E-state index in [9.17, 15) is 9.18 Å². The summed E-state index contributed by atoms with van der Waals surface area (Å²) in [6.45, 7) is 0.468. The molecule has 0 spiro atoms. The number of carbonyl (C=O) groups is 1. The van der Waals surface area contributed by atoms with Crippen LogP contribution in [-0.4, -0.2) is 25.7 Å². The molecule has 0 saturated heterocycles. The quantitative estimate of drug-likeness (QED) is 0.124. The monoisotopic (exact) mass is 440 g/mol. The third-order valence-electron chi connectivity index (χ3n) is 3.68. The van der Waals surface area contributed by atoms with E-state index >= 15 is 0 Å². The van der Waals surface area contributed by atoms with Crippen molar-refractivity contribution in [3.63, 3.8) is 0 Å². The van der Waals surface area contributed by atoms with Crippen LogP contribution in [0.4, 0.5) is 4.39 Å². The van der Waals surface area contributed by atoms with Crippen molar-refractivity contribution in [2.75, 3.05) is 13.7 Å². The van der Waals surface area contributed by atoms with Gasteiger partial charge < -0.3 is 9.47 Å². The Labute approximate surface area is 169 Å². The Bertz CT molecular complexity index is 592. The Kier molecular flexibility index (Phi) is 11.3. The molecule has 0 radical (unpaired) electrons.